The first-order valence-corrected chi connectivity index (χ1v) is 6.39. The van der Waals surface area contributed by atoms with E-state index in [0.29, 0.717) is 12.1 Å². The van der Waals surface area contributed by atoms with Crippen LogP contribution in [0.4, 0.5) is 0 Å². The summed E-state index contributed by atoms with van der Waals surface area (Å²) in [6.45, 7) is 6.08. The van der Waals surface area contributed by atoms with Crippen molar-refractivity contribution in [2.24, 2.45) is 0 Å². The van der Waals surface area contributed by atoms with E-state index in [1.807, 2.05) is 17.5 Å². The summed E-state index contributed by atoms with van der Waals surface area (Å²) in [5.41, 5.74) is 0. The van der Waals surface area contributed by atoms with E-state index < -0.39 is 0 Å². The Bertz CT molecular complexity index is 307. The van der Waals surface area contributed by atoms with Crippen molar-refractivity contribution >= 4 is 11.3 Å². The van der Waals surface area contributed by atoms with E-state index in [1.165, 1.54) is 9.88 Å². The molecular weight excluding hydrogens is 208 g/mol. The molecule has 2 heterocycles. The average Bonchev–Trinajstić information content (AvgIpc) is 2.86. The Labute approximate surface area is 94.9 Å². The molecule has 3 nitrogen and oxygen atoms in total. The van der Waals surface area contributed by atoms with Gasteiger partial charge in [-0.25, -0.2) is 4.98 Å². The van der Waals surface area contributed by atoms with Crippen molar-refractivity contribution in [2.75, 3.05) is 13.2 Å². The van der Waals surface area contributed by atoms with Crippen molar-refractivity contribution < 1.29 is 4.74 Å². The van der Waals surface area contributed by atoms with Gasteiger partial charge in [0.05, 0.1) is 12.6 Å². The third-order valence-corrected chi connectivity index (χ3v) is 4.03. The minimum atomic E-state index is 0.349. The molecule has 0 spiro atoms. The van der Waals surface area contributed by atoms with Crippen molar-refractivity contribution in [3.05, 3.63) is 16.1 Å². The van der Waals surface area contributed by atoms with Crippen LogP contribution in [0.5, 0.6) is 0 Å². The molecule has 15 heavy (non-hydrogen) atoms. The van der Waals surface area contributed by atoms with Crippen LogP contribution < -0.4 is 5.32 Å². The monoisotopic (exact) mass is 226 g/mol. The molecule has 2 rings (SSSR count). The predicted octanol–water partition coefficient (Wildman–Crippen LogP) is 2.14. The lowest BCUT2D eigenvalue weighted by atomic mass is 10.2. The highest BCUT2D eigenvalue weighted by Crippen LogP contribution is 2.21. The minimum Gasteiger partial charge on any atom is -0.380 e. The highest BCUT2D eigenvalue weighted by atomic mass is 32.1. The molecule has 0 amide bonds. The molecule has 0 saturated carbocycles. The lowest BCUT2D eigenvalue weighted by Gasteiger charge is -2.15. The fourth-order valence-corrected chi connectivity index (χ4v) is 2.65. The number of aryl methyl sites for hydroxylation is 1. The number of nitrogens with zero attached hydrogens (tertiary/aromatic N) is 1. The SMILES string of the molecule is CCc1cnc(C(C)NC2CCOC2)s1. The van der Waals surface area contributed by atoms with Crippen LogP contribution in [-0.4, -0.2) is 24.2 Å². The van der Waals surface area contributed by atoms with Gasteiger partial charge in [0.2, 0.25) is 0 Å². The number of ether oxygens (including phenoxy) is 1. The zero-order valence-corrected chi connectivity index (χ0v) is 10.1. The van der Waals surface area contributed by atoms with Crippen LogP contribution in [0.2, 0.25) is 0 Å². The molecule has 2 unspecified atom stereocenters. The minimum absolute atomic E-state index is 0.349. The predicted molar refractivity (Wildman–Crippen MR) is 62.3 cm³/mol. The number of hydrogen-bond donors (Lipinski definition) is 1. The maximum absolute atomic E-state index is 5.34. The number of aromatic nitrogens is 1. The van der Waals surface area contributed by atoms with E-state index in [9.17, 15) is 0 Å². The third kappa shape index (κ3) is 2.77. The fraction of sp³-hybridized carbons (Fsp3) is 0.727. The lowest BCUT2D eigenvalue weighted by molar-refractivity contribution is 0.188. The quantitative estimate of drug-likeness (QED) is 0.854. The van der Waals surface area contributed by atoms with Crippen molar-refractivity contribution in [3.63, 3.8) is 0 Å². The molecule has 0 aromatic carbocycles. The highest BCUT2D eigenvalue weighted by molar-refractivity contribution is 7.11. The molecular formula is C11H18N2OS. The van der Waals surface area contributed by atoms with E-state index >= 15 is 0 Å². The van der Waals surface area contributed by atoms with Gasteiger partial charge in [0.15, 0.2) is 0 Å². The van der Waals surface area contributed by atoms with Crippen molar-refractivity contribution in [3.8, 4) is 0 Å². The number of thiazole rings is 1. The van der Waals surface area contributed by atoms with Gasteiger partial charge in [0, 0.05) is 23.7 Å². The molecule has 4 heteroatoms. The van der Waals surface area contributed by atoms with Gasteiger partial charge >= 0.3 is 0 Å². The summed E-state index contributed by atoms with van der Waals surface area (Å²) >= 11 is 1.81. The van der Waals surface area contributed by atoms with Gasteiger partial charge in [-0.05, 0) is 19.8 Å². The molecule has 0 bridgehead atoms. The first-order valence-electron chi connectivity index (χ1n) is 5.58. The standard InChI is InChI=1S/C11H18N2OS/c1-3-10-6-12-11(15-10)8(2)13-9-4-5-14-7-9/h6,8-9,13H,3-5,7H2,1-2H3. The van der Waals surface area contributed by atoms with Crippen LogP contribution in [0.15, 0.2) is 6.20 Å². The highest BCUT2D eigenvalue weighted by Gasteiger charge is 2.19. The van der Waals surface area contributed by atoms with Gasteiger partial charge in [0.1, 0.15) is 5.01 Å². The van der Waals surface area contributed by atoms with E-state index in [-0.39, 0.29) is 0 Å². The Morgan fingerprint density at radius 1 is 1.73 bits per heavy atom. The summed E-state index contributed by atoms with van der Waals surface area (Å²) in [5, 5.41) is 4.75. The Morgan fingerprint density at radius 2 is 2.60 bits per heavy atom. The number of nitrogens with one attached hydrogen (secondary N) is 1. The van der Waals surface area contributed by atoms with Crippen molar-refractivity contribution in [1.82, 2.24) is 10.3 Å². The molecule has 0 aliphatic carbocycles. The molecule has 84 valence electrons. The number of hydrogen-bond acceptors (Lipinski definition) is 4. The van der Waals surface area contributed by atoms with Gasteiger partial charge in [0.25, 0.3) is 0 Å². The molecule has 2 atom stereocenters. The Morgan fingerprint density at radius 3 is 3.20 bits per heavy atom. The van der Waals surface area contributed by atoms with Crippen LogP contribution in [0.3, 0.4) is 0 Å². The molecule has 1 fully saturated rings. The zero-order valence-electron chi connectivity index (χ0n) is 9.32. The first-order chi connectivity index (χ1) is 7.29. The molecule has 1 saturated heterocycles. The summed E-state index contributed by atoms with van der Waals surface area (Å²) in [4.78, 5) is 5.81. The van der Waals surface area contributed by atoms with Gasteiger partial charge in [-0.15, -0.1) is 11.3 Å². The second kappa shape index (κ2) is 5.05. The molecule has 1 aromatic rings. The van der Waals surface area contributed by atoms with Crippen molar-refractivity contribution in [1.29, 1.82) is 0 Å². The molecule has 1 aliphatic heterocycles. The molecule has 1 aliphatic rings. The number of rotatable bonds is 4. The van der Waals surface area contributed by atoms with E-state index in [2.05, 4.69) is 24.1 Å². The van der Waals surface area contributed by atoms with E-state index in [4.69, 9.17) is 4.74 Å². The average molecular weight is 226 g/mol. The normalized spacial score (nSPS) is 23.2. The smallest absolute Gasteiger partial charge is 0.109 e. The van der Waals surface area contributed by atoms with Gasteiger partial charge in [-0.3, -0.25) is 0 Å². The topological polar surface area (TPSA) is 34.2 Å². The summed E-state index contributed by atoms with van der Waals surface area (Å²) in [6.07, 6.45) is 4.19. The van der Waals surface area contributed by atoms with Crippen LogP contribution in [0.25, 0.3) is 0 Å². The second-order valence-corrected chi connectivity index (χ2v) is 5.11. The van der Waals surface area contributed by atoms with Crippen LogP contribution >= 0.6 is 11.3 Å². The maximum Gasteiger partial charge on any atom is 0.109 e. The van der Waals surface area contributed by atoms with Crippen molar-refractivity contribution in [2.45, 2.75) is 38.8 Å². The second-order valence-electron chi connectivity index (χ2n) is 3.97. The molecule has 1 aromatic heterocycles. The molecule has 1 N–H and O–H groups in total. The lowest BCUT2D eigenvalue weighted by Crippen LogP contribution is -2.31. The fourth-order valence-electron chi connectivity index (χ4n) is 1.78. The third-order valence-electron chi connectivity index (χ3n) is 2.71. The van der Waals surface area contributed by atoms with Crippen LogP contribution in [-0.2, 0) is 11.2 Å². The van der Waals surface area contributed by atoms with Crippen LogP contribution in [0, 0.1) is 0 Å². The van der Waals surface area contributed by atoms with Gasteiger partial charge in [-0.2, -0.15) is 0 Å². The van der Waals surface area contributed by atoms with Gasteiger partial charge < -0.3 is 10.1 Å². The van der Waals surface area contributed by atoms with E-state index in [0.717, 1.165) is 26.1 Å². The first kappa shape index (κ1) is 11.0. The Kier molecular flexibility index (Phi) is 3.72. The summed E-state index contributed by atoms with van der Waals surface area (Å²) < 4.78 is 5.34. The zero-order chi connectivity index (χ0) is 10.7. The van der Waals surface area contributed by atoms with E-state index in [1.54, 1.807) is 0 Å². The Hall–Kier alpha value is -0.450. The Balaban J connectivity index is 1.91. The summed E-state index contributed by atoms with van der Waals surface area (Å²) in [5.74, 6) is 0. The molecule has 0 radical (unpaired) electrons. The maximum atomic E-state index is 5.34. The summed E-state index contributed by atoms with van der Waals surface area (Å²) in [6, 6.07) is 0.857. The van der Waals surface area contributed by atoms with Crippen LogP contribution in [0.1, 0.15) is 36.2 Å². The largest absolute Gasteiger partial charge is 0.380 e. The van der Waals surface area contributed by atoms with Gasteiger partial charge in [-0.1, -0.05) is 6.92 Å². The summed E-state index contributed by atoms with van der Waals surface area (Å²) in [7, 11) is 0.